The summed E-state index contributed by atoms with van der Waals surface area (Å²) in [6.07, 6.45) is -3.64. The van der Waals surface area contributed by atoms with E-state index < -0.39 is 56.5 Å². The molecule has 4 rings (SSSR count). The van der Waals surface area contributed by atoms with Gasteiger partial charge in [0.1, 0.15) is 42.0 Å². The minimum atomic E-state index is -4.54. The number of aromatic nitrogens is 3. The minimum absolute atomic E-state index is 0.0804. The maximum absolute atomic E-state index is 13.8. The zero-order valence-electron chi connectivity index (χ0n) is 24.8. The number of aliphatic hydroxyl groups excluding tert-OH is 2. The van der Waals surface area contributed by atoms with Crippen molar-refractivity contribution in [3.05, 3.63) is 54.0 Å². The van der Waals surface area contributed by atoms with Gasteiger partial charge in [-0.1, -0.05) is 32.9 Å². The molecule has 43 heavy (non-hydrogen) atoms. The number of phosphoric ester groups is 1. The first-order valence-electron chi connectivity index (χ1n) is 13.4. The molecule has 1 saturated heterocycles. The lowest BCUT2D eigenvalue weighted by Crippen LogP contribution is -2.41. The lowest BCUT2D eigenvalue weighted by Gasteiger charge is -2.24. The van der Waals surface area contributed by atoms with Crippen molar-refractivity contribution in [2.24, 2.45) is 5.41 Å². The standard InChI is InChI=1S/C28H36N5O9P/c1-26(2,3)17-7-9-18(10-8-17)42-43(37,40-16-38-25(36)27(4,5)6)39-13-20-22(34)23(35)28(14-29,41-20)21-12-11-19-24(30)31-15-32-33(19)21/h7-12,15,20,22-23,34-35H,13,16H2,1-6H3,(H2,30,31,32)/t20-,22-,23-,28+,43-/m1/s1. The number of phosphoric acid groups is 1. The monoisotopic (exact) mass is 617 g/mol. The summed E-state index contributed by atoms with van der Waals surface area (Å²) >= 11 is 0. The lowest BCUT2D eigenvalue weighted by molar-refractivity contribution is -0.160. The number of nitrogens with two attached hydrogens (primary N) is 1. The van der Waals surface area contributed by atoms with Crippen LogP contribution in [0.5, 0.6) is 5.75 Å². The van der Waals surface area contributed by atoms with Crippen LogP contribution in [0.1, 0.15) is 52.8 Å². The zero-order chi connectivity index (χ0) is 31.8. The Labute approximate surface area is 248 Å². The van der Waals surface area contributed by atoms with Crippen molar-refractivity contribution in [2.75, 3.05) is 19.1 Å². The Bertz CT molecular complexity index is 1560. The first-order valence-corrected chi connectivity index (χ1v) is 14.9. The molecule has 1 aliphatic rings. The third-order valence-corrected chi connectivity index (χ3v) is 8.16. The zero-order valence-corrected chi connectivity index (χ0v) is 25.6. The normalized spacial score (nSPS) is 23.9. The summed E-state index contributed by atoms with van der Waals surface area (Å²) in [7, 11) is -4.54. The van der Waals surface area contributed by atoms with Gasteiger partial charge in [0.05, 0.1) is 17.7 Å². The summed E-state index contributed by atoms with van der Waals surface area (Å²) in [6.45, 7) is 9.60. The van der Waals surface area contributed by atoms with Gasteiger partial charge in [-0.3, -0.25) is 9.32 Å². The van der Waals surface area contributed by atoms with Gasteiger partial charge in [0.2, 0.25) is 12.4 Å². The molecule has 2 aromatic heterocycles. The Morgan fingerprint density at radius 1 is 1.14 bits per heavy atom. The van der Waals surface area contributed by atoms with Crippen LogP contribution in [-0.2, 0) is 38.9 Å². The maximum Gasteiger partial charge on any atom is 0.533 e. The number of hydrogen-bond acceptors (Lipinski definition) is 13. The number of aliphatic hydroxyl groups is 2. The van der Waals surface area contributed by atoms with Gasteiger partial charge < -0.3 is 29.9 Å². The number of carbonyl (C=O) groups excluding carboxylic acids is 1. The number of rotatable bonds is 9. The smallest absolute Gasteiger partial charge is 0.437 e. The van der Waals surface area contributed by atoms with E-state index in [0.29, 0.717) is 5.52 Å². The number of benzene rings is 1. The third kappa shape index (κ3) is 6.67. The van der Waals surface area contributed by atoms with Crippen LogP contribution in [-0.4, -0.2) is 62.5 Å². The number of esters is 1. The van der Waals surface area contributed by atoms with Crippen molar-refractivity contribution in [2.45, 2.75) is 70.9 Å². The number of carbonyl (C=O) groups is 1. The number of anilines is 1. The van der Waals surface area contributed by atoms with Crippen LogP contribution in [0.25, 0.3) is 5.52 Å². The highest BCUT2D eigenvalue weighted by molar-refractivity contribution is 7.48. The van der Waals surface area contributed by atoms with Gasteiger partial charge in [-0.05, 0) is 56.0 Å². The van der Waals surface area contributed by atoms with E-state index in [-0.39, 0.29) is 22.7 Å². The van der Waals surface area contributed by atoms with E-state index in [1.54, 1.807) is 45.0 Å². The summed E-state index contributed by atoms with van der Waals surface area (Å²) in [6, 6.07) is 11.7. The first-order chi connectivity index (χ1) is 20.0. The van der Waals surface area contributed by atoms with Crippen LogP contribution in [0.4, 0.5) is 5.82 Å². The third-order valence-electron chi connectivity index (χ3n) is 6.83. The fourth-order valence-corrected chi connectivity index (χ4v) is 5.38. The number of nitrogen functional groups attached to an aromatic ring is 1. The molecule has 0 aliphatic carbocycles. The van der Waals surface area contributed by atoms with Crippen molar-refractivity contribution in [3.8, 4) is 11.8 Å². The summed E-state index contributed by atoms with van der Waals surface area (Å²) in [5, 5.41) is 36.1. The molecule has 1 fully saturated rings. The summed E-state index contributed by atoms with van der Waals surface area (Å²) in [5.74, 6) is -0.358. The topological polar surface area (TPSA) is 201 Å². The fourth-order valence-electron chi connectivity index (χ4n) is 4.31. The molecule has 1 aliphatic heterocycles. The average Bonchev–Trinajstić information content (AvgIpc) is 3.47. The number of hydrogen-bond donors (Lipinski definition) is 3. The molecule has 0 saturated carbocycles. The van der Waals surface area contributed by atoms with Gasteiger partial charge in [0, 0.05) is 0 Å². The predicted molar refractivity (Wildman–Crippen MR) is 152 cm³/mol. The van der Waals surface area contributed by atoms with Gasteiger partial charge in [-0.15, -0.1) is 0 Å². The second-order valence-corrected chi connectivity index (χ2v) is 13.7. The minimum Gasteiger partial charge on any atom is -0.437 e. The highest BCUT2D eigenvalue weighted by atomic mass is 31.2. The van der Waals surface area contributed by atoms with Crippen molar-refractivity contribution >= 4 is 25.1 Å². The largest absolute Gasteiger partial charge is 0.533 e. The summed E-state index contributed by atoms with van der Waals surface area (Å²) < 4.78 is 42.4. The predicted octanol–water partition coefficient (Wildman–Crippen LogP) is 3.22. The fraction of sp³-hybridized carbons (Fsp3) is 0.500. The van der Waals surface area contributed by atoms with Crippen LogP contribution in [0.3, 0.4) is 0 Å². The molecule has 0 unspecified atom stereocenters. The number of ether oxygens (including phenoxy) is 2. The second-order valence-electron chi connectivity index (χ2n) is 12.1. The summed E-state index contributed by atoms with van der Waals surface area (Å²) in [4.78, 5) is 16.1. The molecule has 3 aromatic rings. The SMILES string of the molecule is CC(C)(C)C(=O)OCO[P@@](=O)(OC[C@H]1O[C@@](C#N)(c2ccc3c(N)ncnn23)[C@H](O)[C@@H]1O)Oc1ccc(C(C)(C)C)cc1. The van der Waals surface area contributed by atoms with Crippen LogP contribution >= 0.6 is 7.82 Å². The molecule has 1 aromatic carbocycles. The van der Waals surface area contributed by atoms with Crippen molar-refractivity contribution in [3.63, 3.8) is 0 Å². The molecule has 15 heteroatoms. The van der Waals surface area contributed by atoms with Gasteiger partial charge in [0.15, 0.2) is 5.82 Å². The highest BCUT2D eigenvalue weighted by Gasteiger charge is 2.58. The van der Waals surface area contributed by atoms with E-state index in [4.69, 9.17) is 28.8 Å². The van der Waals surface area contributed by atoms with Gasteiger partial charge in [-0.2, -0.15) is 10.4 Å². The van der Waals surface area contributed by atoms with Crippen LogP contribution in [0.2, 0.25) is 0 Å². The van der Waals surface area contributed by atoms with E-state index in [9.17, 15) is 24.8 Å². The van der Waals surface area contributed by atoms with E-state index in [1.165, 1.54) is 23.0 Å². The molecule has 3 heterocycles. The first kappa shape index (κ1) is 32.3. The molecule has 0 radical (unpaired) electrons. The van der Waals surface area contributed by atoms with Crippen molar-refractivity contribution in [1.29, 1.82) is 5.26 Å². The molecule has 4 N–H and O–H groups in total. The highest BCUT2D eigenvalue weighted by Crippen LogP contribution is 2.51. The molecule has 232 valence electrons. The van der Waals surface area contributed by atoms with E-state index in [1.807, 2.05) is 26.8 Å². The number of fused-ring (bicyclic) bond motifs is 1. The van der Waals surface area contributed by atoms with E-state index in [2.05, 4.69) is 10.1 Å². The number of nitriles is 1. The lowest BCUT2D eigenvalue weighted by atomic mass is 9.87. The van der Waals surface area contributed by atoms with E-state index >= 15 is 0 Å². The Hall–Kier alpha value is -3.57. The van der Waals surface area contributed by atoms with Gasteiger partial charge >= 0.3 is 13.8 Å². The van der Waals surface area contributed by atoms with Crippen molar-refractivity contribution < 1.29 is 42.6 Å². The molecule has 14 nitrogen and oxygen atoms in total. The second kappa shape index (κ2) is 11.8. The Kier molecular flexibility index (Phi) is 8.91. The molecule has 0 spiro atoms. The Balaban J connectivity index is 1.56. The Morgan fingerprint density at radius 3 is 2.42 bits per heavy atom. The molecule has 0 amide bonds. The molecule has 5 atom stereocenters. The van der Waals surface area contributed by atoms with Crippen molar-refractivity contribution in [1.82, 2.24) is 14.6 Å². The molecule has 0 bridgehead atoms. The molecular formula is C28H36N5O9P. The number of nitrogens with zero attached hydrogens (tertiary/aromatic N) is 4. The van der Waals surface area contributed by atoms with Crippen LogP contribution < -0.4 is 10.3 Å². The van der Waals surface area contributed by atoms with Crippen LogP contribution in [0.15, 0.2) is 42.7 Å². The van der Waals surface area contributed by atoms with Crippen LogP contribution in [0, 0.1) is 16.7 Å². The van der Waals surface area contributed by atoms with Gasteiger partial charge in [-0.25, -0.2) is 18.6 Å². The quantitative estimate of drug-likeness (QED) is 0.180. The van der Waals surface area contributed by atoms with E-state index in [0.717, 1.165) is 5.56 Å². The Morgan fingerprint density at radius 2 is 1.81 bits per heavy atom. The summed E-state index contributed by atoms with van der Waals surface area (Å²) in [5.41, 5.74) is 4.22. The molecular weight excluding hydrogens is 581 g/mol. The average molecular weight is 618 g/mol. The van der Waals surface area contributed by atoms with Gasteiger partial charge in [0.25, 0.3) is 0 Å². The maximum atomic E-state index is 13.8.